The van der Waals surface area contributed by atoms with Crippen molar-refractivity contribution in [2.24, 2.45) is 0 Å². The lowest BCUT2D eigenvalue weighted by Crippen LogP contribution is -2.31. The van der Waals surface area contributed by atoms with Crippen LogP contribution in [0.5, 0.6) is 5.75 Å². The maximum atomic E-state index is 12.5. The molecule has 144 valence electrons. The van der Waals surface area contributed by atoms with E-state index in [1.54, 1.807) is 6.07 Å². The zero-order valence-electron chi connectivity index (χ0n) is 15.1. The average Bonchev–Trinajstić information content (AvgIpc) is 2.63. The summed E-state index contributed by atoms with van der Waals surface area (Å²) in [6.45, 7) is 2.32. The third kappa shape index (κ3) is 4.90. The Morgan fingerprint density at radius 1 is 1.11 bits per heavy atom. The Hall–Kier alpha value is -1.86. The molecule has 0 fully saturated rings. The van der Waals surface area contributed by atoms with Gasteiger partial charge in [0, 0.05) is 0 Å². The van der Waals surface area contributed by atoms with Crippen molar-refractivity contribution in [2.75, 3.05) is 6.61 Å². The first-order valence-corrected chi connectivity index (χ1v) is 11.3. The zero-order valence-corrected chi connectivity index (χ0v) is 17.5. The van der Waals surface area contributed by atoms with Crippen LogP contribution in [0.15, 0.2) is 45.8 Å². The van der Waals surface area contributed by atoms with Gasteiger partial charge in [0.25, 0.3) is 10.0 Å². The third-order valence-electron chi connectivity index (χ3n) is 4.54. The molecule has 5 nitrogen and oxygen atoms in total. The number of amides is 1. The fraction of sp³-hybridized carbons (Fsp3) is 0.350. The molecule has 0 heterocycles. The SMILES string of the molecule is CCOc1ccc(S(=O)(=O)NC(=O)Cc2ccc3c(c2)CCCC3)cc1Br. The average molecular weight is 452 g/mol. The minimum Gasteiger partial charge on any atom is -0.493 e. The van der Waals surface area contributed by atoms with Gasteiger partial charge in [-0.3, -0.25) is 4.79 Å². The van der Waals surface area contributed by atoms with E-state index in [2.05, 4.69) is 26.7 Å². The van der Waals surface area contributed by atoms with Gasteiger partial charge < -0.3 is 4.74 Å². The van der Waals surface area contributed by atoms with Gasteiger partial charge in [-0.1, -0.05) is 18.2 Å². The monoisotopic (exact) mass is 451 g/mol. The summed E-state index contributed by atoms with van der Waals surface area (Å²) in [5.74, 6) is 0.00704. The number of hydrogen-bond acceptors (Lipinski definition) is 4. The van der Waals surface area contributed by atoms with Crippen LogP contribution in [-0.4, -0.2) is 20.9 Å². The quantitative estimate of drug-likeness (QED) is 0.725. The van der Waals surface area contributed by atoms with E-state index >= 15 is 0 Å². The van der Waals surface area contributed by atoms with Crippen LogP contribution in [0.25, 0.3) is 0 Å². The summed E-state index contributed by atoms with van der Waals surface area (Å²) < 4.78 is 33.0. The number of aryl methyl sites for hydroxylation is 2. The molecule has 0 saturated heterocycles. The Labute approximate surface area is 168 Å². The third-order valence-corrected chi connectivity index (χ3v) is 6.53. The van der Waals surface area contributed by atoms with Crippen molar-refractivity contribution >= 4 is 31.9 Å². The van der Waals surface area contributed by atoms with E-state index in [9.17, 15) is 13.2 Å². The Kier molecular flexibility index (Phi) is 6.22. The second-order valence-corrected chi connectivity index (χ2v) is 9.08. The van der Waals surface area contributed by atoms with E-state index in [0.717, 1.165) is 24.8 Å². The van der Waals surface area contributed by atoms with Gasteiger partial charge in [0.15, 0.2) is 0 Å². The highest BCUT2D eigenvalue weighted by Crippen LogP contribution is 2.28. The lowest BCUT2D eigenvalue weighted by atomic mass is 9.90. The van der Waals surface area contributed by atoms with Gasteiger partial charge in [-0.2, -0.15) is 0 Å². The number of carbonyl (C=O) groups excluding carboxylic acids is 1. The normalized spacial score (nSPS) is 13.7. The van der Waals surface area contributed by atoms with Crippen molar-refractivity contribution in [1.29, 1.82) is 0 Å². The van der Waals surface area contributed by atoms with E-state index in [1.165, 1.54) is 29.7 Å². The second kappa shape index (κ2) is 8.44. The maximum Gasteiger partial charge on any atom is 0.264 e. The van der Waals surface area contributed by atoms with Crippen LogP contribution in [0, 0.1) is 0 Å². The Morgan fingerprint density at radius 3 is 2.56 bits per heavy atom. The molecule has 2 aromatic rings. The summed E-state index contributed by atoms with van der Waals surface area (Å²) in [4.78, 5) is 12.3. The molecule has 1 amide bonds. The van der Waals surface area contributed by atoms with Crippen LogP contribution in [0.1, 0.15) is 36.5 Å². The van der Waals surface area contributed by atoms with Crippen molar-refractivity contribution in [3.05, 3.63) is 57.6 Å². The van der Waals surface area contributed by atoms with Crippen LogP contribution >= 0.6 is 15.9 Å². The van der Waals surface area contributed by atoms with Crippen LogP contribution in [0.4, 0.5) is 0 Å². The van der Waals surface area contributed by atoms with E-state index in [1.807, 2.05) is 19.1 Å². The molecule has 0 saturated carbocycles. The second-order valence-electron chi connectivity index (χ2n) is 6.54. The topological polar surface area (TPSA) is 72.5 Å². The summed E-state index contributed by atoms with van der Waals surface area (Å²) in [7, 11) is -3.94. The number of rotatable bonds is 6. The zero-order chi connectivity index (χ0) is 19.4. The first kappa shape index (κ1) is 19.9. The number of benzene rings is 2. The minimum atomic E-state index is -3.94. The highest BCUT2D eigenvalue weighted by atomic mass is 79.9. The molecule has 0 aliphatic heterocycles. The molecule has 0 bridgehead atoms. The Bertz CT molecular complexity index is 956. The lowest BCUT2D eigenvalue weighted by molar-refractivity contribution is -0.118. The van der Waals surface area contributed by atoms with Gasteiger partial charge in [0.2, 0.25) is 5.91 Å². The Balaban J connectivity index is 1.70. The number of ether oxygens (including phenoxy) is 1. The van der Waals surface area contributed by atoms with E-state index in [-0.39, 0.29) is 11.3 Å². The fourth-order valence-electron chi connectivity index (χ4n) is 3.25. The van der Waals surface area contributed by atoms with Gasteiger partial charge >= 0.3 is 0 Å². The van der Waals surface area contributed by atoms with Crippen molar-refractivity contribution in [1.82, 2.24) is 4.72 Å². The standard InChI is InChI=1S/C20H22BrNO4S/c1-2-26-19-10-9-17(13-18(19)21)27(24,25)22-20(23)12-14-7-8-15-5-3-4-6-16(15)11-14/h7-11,13H,2-6,12H2,1H3,(H,22,23). The first-order chi connectivity index (χ1) is 12.9. The van der Waals surface area contributed by atoms with Gasteiger partial charge in [-0.15, -0.1) is 0 Å². The number of sulfonamides is 1. The molecular formula is C20H22BrNO4S. The van der Waals surface area contributed by atoms with Gasteiger partial charge in [0.05, 0.1) is 22.4 Å². The summed E-state index contributed by atoms with van der Waals surface area (Å²) in [6, 6.07) is 10.4. The Morgan fingerprint density at radius 2 is 1.85 bits per heavy atom. The molecule has 7 heteroatoms. The van der Waals surface area contributed by atoms with Crippen molar-refractivity contribution in [3.8, 4) is 5.75 Å². The number of carbonyl (C=O) groups is 1. The molecule has 0 unspecified atom stereocenters. The van der Waals surface area contributed by atoms with E-state index in [0.29, 0.717) is 16.8 Å². The highest BCUT2D eigenvalue weighted by molar-refractivity contribution is 9.10. The van der Waals surface area contributed by atoms with E-state index in [4.69, 9.17) is 4.74 Å². The van der Waals surface area contributed by atoms with Crippen LogP contribution in [0.2, 0.25) is 0 Å². The van der Waals surface area contributed by atoms with Crippen LogP contribution in [0.3, 0.4) is 0 Å². The lowest BCUT2D eigenvalue weighted by Gasteiger charge is -2.16. The number of hydrogen-bond donors (Lipinski definition) is 1. The smallest absolute Gasteiger partial charge is 0.264 e. The molecule has 0 atom stereocenters. The highest BCUT2D eigenvalue weighted by Gasteiger charge is 2.20. The molecule has 1 aliphatic rings. The van der Waals surface area contributed by atoms with Gasteiger partial charge in [0.1, 0.15) is 5.75 Å². The molecular weight excluding hydrogens is 430 g/mol. The van der Waals surface area contributed by atoms with Gasteiger partial charge in [-0.05, 0) is 83.4 Å². The predicted octanol–water partition coefficient (Wildman–Crippen LogP) is 3.77. The largest absolute Gasteiger partial charge is 0.493 e. The van der Waals surface area contributed by atoms with Crippen LogP contribution in [-0.2, 0) is 34.1 Å². The minimum absolute atomic E-state index is 0.0108. The maximum absolute atomic E-state index is 12.5. The molecule has 27 heavy (non-hydrogen) atoms. The fourth-order valence-corrected chi connectivity index (χ4v) is 4.90. The molecule has 3 rings (SSSR count). The predicted molar refractivity (Wildman–Crippen MR) is 107 cm³/mol. The van der Waals surface area contributed by atoms with Crippen molar-refractivity contribution < 1.29 is 17.9 Å². The van der Waals surface area contributed by atoms with Crippen LogP contribution < -0.4 is 9.46 Å². The molecule has 1 aliphatic carbocycles. The number of fused-ring (bicyclic) bond motifs is 1. The molecule has 0 aromatic heterocycles. The molecule has 2 aromatic carbocycles. The van der Waals surface area contributed by atoms with E-state index < -0.39 is 15.9 Å². The van der Waals surface area contributed by atoms with Crippen molar-refractivity contribution in [2.45, 2.75) is 43.9 Å². The first-order valence-electron chi connectivity index (χ1n) is 8.97. The number of halogens is 1. The molecule has 1 N–H and O–H groups in total. The number of nitrogens with one attached hydrogen (secondary N) is 1. The molecule has 0 spiro atoms. The van der Waals surface area contributed by atoms with Gasteiger partial charge in [-0.25, -0.2) is 13.1 Å². The summed E-state index contributed by atoms with van der Waals surface area (Å²) >= 11 is 3.29. The molecule has 0 radical (unpaired) electrons. The summed E-state index contributed by atoms with van der Waals surface area (Å²) in [6.07, 6.45) is 4.48. The summed E-state index contributed by atoms with van der Waals surface area (Å²) in [5.41, 5.74) is 3.43. The summed E-state index contributed by atoms with van der Waals surface area (Å²) in [5, 5.41) is 0. The van der Waals surface area contributed by atoms with Crippen molar-refractivity contribution in [3.63, 3.8) is 0 Å².